The van der Waals surface area contributed by atoms with Gasteiger partial charge < -0.3 is 5.32 Å². The molecule has 0 fully saturated rings. The van der Waals surface area contributed by atoms with Gasteiger partial charge in [0.15, 0.2) is 0 Å². The normalized spacial score (nSPS) is 10.1. The fraction of sp³-hybridized carbons (Fsp3) is 0.222. The zero-order chi connectivity index (χ0) is 9.80. The van der Waals surface area contributed by atoms with Crippen LogP contribution in [0.4, 0.5) is 5.82 Å². The molecule has 2 rings (SSSR count). The van der Waals surface area contributed by atoms with Gasteiger partial charge in [-0.1, -0.05) is 0 Å². The standard InChI is InChI=1S/C9H11N5/c1-14-5-3-8(13-14)6-11-9-2-4-10-7-12-9/h2-5,7H,6H2,1H3,(H,10,11,12). The van der Waals surface area contributed by atoms with Crippen LogP contribution in [-0.2, 0) is 13.6 Å². The highest BCUT2D eigenvalue weighted by Gasteiger charge is 1.96. The van der Waals surface area contributed by atoms with E-state index in [0.29, 0.717) is 6.54 Å². The number of nitrogens with one attached hydrogen (secondary N) is 1. The third-order valence-corrected chi connectivity index (χ3v) is 1.80. The molecular weight excluding hydrogens is 178 g/mol. The van der Waals surface area contributed by atoms with Crippen LogP contribution in [0.5, 0.6) is 0 Å². The first-order valence-electron chi connectivity index (χ1n) is 4.33. The number of nitrogens with zero attached hydrogens (tertiary/aromatic N) is 4. The summed E-state index contributed by atoms with van der Waals surface area (Å²) in [5, 5.41) is 7.38. The monoisotopic (exact) mass is 189 g/mol. The molecular formula is C9H11N5. The first-order valence-corrected chi connectivity index (χ1v) is 4.33. The van der Waals surface area contributed by atoms with Crippen molar-refractivity contribution in [3.8, 4) is 0 Å². The Bertz CT molecular complexity index is 395. The Morgan fingerprint density at radius 1 is 1.43 bits per heavy atom. The summed E-state index contributed by atoms with van der Waals surface area (Å²) in [5.74, 6) is 0.811. The fourth-order valence-electron chi connectivity index (χ4n) is 1.13. The Kier molecular flexibility index (Phi) is 2.40. The van der Waals surface area contributed by atoms with Crippen molar-refractivity contribution in [1.29, 1.82) is 0 Å². The van der Waals surface area contributed by atoms with Gasteiger partial charge in [-0.25, -0.2) is 9.97 Å². The fourth-order valence-corrected chi connectivity index (χ4v) is 1.13. The van der Waals surface area contributed by atoms with Crippen LogP contribution in [0, 0.1) is 0 Å². The van der Waals surface area contributed by atoms with Gasteiger partial charge >= 0.3 is 0 Å². The zero-order valence-corrected chi connectivity index (χ0v) is 7.88. The molecule has 2 aromatic rings. The van der Waals surface area contributed by atoms with Crippen molar-refractivity contribution >= 4 is 5.82 Å². The van der Waals surface area contributed by atoms with E-state index in [1.807, 2.05) is 25.4 Å². The molecule has 5 nitrogen and oxygen atoms in total. The van der Waals surface area contributed by atoms with E-state index >= 15 is 0 Å². The van der Waals surface area contributed by atoms with Crippen LogP contribution in [0.1, 0.15) is 5.69 Å². The Morgan fingerprint density at radius 2 is 2.36 bits per heavy atom. The van der Waals surface area contributed by atoms with Gasteiger partial charge in [-0.15, -0.1) is 0 Å². The lowest BCUT2D eigenvalue weighted by atomic mass is 10.4. The third-order valence-electron chi connectivity index (χ3n) is 1.80. The van der Waals surface area contributed by atoms with Crippen molar-refractivity contribution in [2.75, 3.05) is 5.32 Å². The minimum atomic E-state index is 0.678. The van der Waals surface area contributed by atoms with E-state index < -0.39 is 0 Å². The van der Waals surface area contributed by atoms with E-state index in [1.54, 1.807) is 10.9 Å². The molecule has 0 spiro atoms. The van der Waals surface area contributed by atoms with Crippen molar-refractivity contribution in [1.82, 2.24) is 19.7 Å². The summed E-state index contributed by atoms with van der Waals surface area (Å²) in [6.07, 6.45) is 5.13. The van der Waals surface area contributed by atoms with Gasteiger partial charge in [0.1, 0.15) is 12.1 Å². The molecule has 1 N–H and O–H groups in total. The Balaban J connectivity index is 1.95. The first kappa shape index (κ1) is 8.68. The SMILES string of the molecule is Cn1ccc(CNc2ccncn2)n1. The highest BCUT2D eigenvalue weighted by atomic mass is 15.3. The van der Waals surface area contributed by atoms with E-state index in [9.17, 15) is 0 Å². The smallest absolute Gasteiger partial charge is 0.129 e. The minimum absolute atomic E-state index is 0.678. The molecule has 0 unspecified atom stereocenters. The highest BCUT2D eigenvalue weighted by molar-refractivity contribution is 5.31. The van der Waals surface area contributed by atoms with Crippen molar-refractivity contribution < 1.29 is 0 Å². The maximum atomic E-state index is 4.24. The lowest BCUT2D eigenvalue weighted by Gasteiger charge is -2.01. The summed E-state index contributed by atoms with van der Waals surface area (Å²) in [6.45, 7) is 0.678. The van der Waals surface area contributed by atoms with Crippen molar-refractivity contribution in [2.45, 2.75) is 6.54 Å². The van der Waals surface area contributed by atoms with Gasteiger partial charge in [-0.05, 0) is 12.1 Å². The van der Waals surface area contributed by atoms with Gasteiger partial charge in [0, 0.05) is 19.4 Å². The van der Waals surface area contributed by atoms with Gasteiger partial charge in [0.25, 0.3) is 0 Å². The second kappa shape index (κ2) is 3.87. The first-order chi connectivity index (χ1) is 6.84. The number of hydrogen-bond acceptors (Lipinski definition) is 4. The van der Waals surface area contributed by atoms with Crippen LogP contribution < -0.4 is 5.32 Å². The topological polar surface area (TPSA) is 55.6 Å². The lowest BCUT2D eigenvalue weighted by Crippen LogP contribution is -2.02. The van der Waals surface area contributed by atoms with Crippen molar-refractivity contribution in [3.05, 3.63) is 36.5 Å². The van der Waals surface area contributed by atoms with E-state index in [4.69, 9.17) is 0 Å². The second-order valence-electron chi connectivity index (χ2n) is 2.93. The largest absolute Gasteiger partial charge is 0.364 e. The maximum absolute atomic E-state index is 4.24. The predicted molar refractivity (Wildman–Crippen MR) is 52.6 cm³/mol. The van der Waals surface area contributed by atoms with Crippen molar-refractivity contribution in [2.24, 2.45) is 7.05 Å². The van der Waals surface area contributed by atoms with Gasteiger partial charge in [0.05, 0.1) is 12.2 Å². The van der Waals surface area contributed by atoms with Crippen LogP contribution in [0.25, 0.3) is 0 Å². The molecule has 0 aliphatic rings. The number of anilines is 1. The Hall–Kier alpha value is -1.91. The lowest BCUT2D eigenvalue weighted by molar-refractivity contribution is 0.747. The summed E-state index contributed by atoms with van der Waals surface area (Å²) in [7, 11) is 1.90. The Labute approximate surface area is 81.8 Å². The molecule has 0 saturated heterocycles. The molecule has 14 heavy (non-hydrogen) atoms. The van der Waals surface area contributed by atoms with E-state index in [1.165, 1.54) is 6.33 Å². The summed E-state index contributed by atoms with van der Waals surface area (Å²) in [5.41, 5.74) is 0.992. The van der Waals surface area contributed by atoms with E-state index in [2.05, 4.69) is 20.4 Å². The summed E-state index contributed by atoms with van der Waals surface area (Å²) < 4.78 is 1.77. The summed E-state index contributed by atoms with van der Waals surface area (Å²) in [6, 6.07) is 3.79. The molecule has 0 radical (unpaired) electrons. The number of aryl methyl sites for hydroxylation is 1. The third kappa shape index (κ3) is 2.07. The van der Waals surface area contributed by atoms with Crippen LogP contribution in [-0.4, -0.2) is 19.7 Å². The molecule has 5 heteroatoms. The van der Waals surface area contributed by atoms with Crippen LogP contribution in [0.2, 0.25) is 0 Å². The number of rotatable bonds is 3. The highest BCUT2D eigenvalue weighted by Crippen LogP contribution is 2.01. The van der Waals surface area contributed by atoms with E-state index in [-0.39, 0.29) is 0 Å². The Morgan fingerprint density at radius 3 is 3.00 bits per heavy atom. The van der Waals surface area contributed by atoms with Gasteiger partial charge in [-0.2, -0.15) is 5.10 Å². The molecule has 0 atom stereocenters. The molecule has 0 amide bonds. The molecule has 0 aliphatic heterocycles. The average molecular weight is 189 g/mol. The van der Waals surface area contributed by atoms with Gasteiger partial charge in [0.2, 0.25) is 0 Å². The molecule has 2 aromatic heterocycles. The number of hydrogen-bond donors (Lipinski definition) is 1. The zero-order valence-electron chi connectivity index (χ0n) is 7.88. The van der Waals surface area contributed by atoms with Crippen LogP contribution >= 0.6 is 0 Å². The molecule has 0 aromatic carbocycles. The van der Waals surface area contributed by atoms with Crippen LogP contribution in [0.3, 0.4) is 0 Å². The average Bonchev–Trinajstić information content (AvgIpc) is 2.63. The molecule has 72 valence electrons. The molecule has 0 aliphatic carbocycles. The van der Waals surface area contributed by atoms with Gasteiger partial charge in [-0.3, -0.25) is 4.68 Å². The minimum Gasteiger partial charge on any atom is -0.364 e. The summed E-state index contributed by atoms with van der Waals surface area (Å²) >= 11 is 0. The van der Waals surface area contributed by atoms with Crippen LogP contribution in [0.15, 0.2) is 30.9 Å². The molecule has 0 bridgehead atoms. The molecule has 2 heterocycles. The van der Waals surface area contributed by atoms with Crippen molar-refractivity contribution in [3.63, 3.8) is 0 Å². The maximum Gasteiger partial charge on any atom is 0.129 e. The predicted octanol–water partition coefficient (Wildman–Crippen LogP) is 0.822. The summed E-state index contributed by atoms with van der Waals surface area (Å²) in [4.78, 5) is 7.88. The quantitative estimate of drug-likeness (QED) is 0.776. The number of aromatic nitrogens is 4. The second-order valence-corrected chi connectivity index (χ2v) is 2.93. The molecule has 0 saturated carbocycles. The van der Waals surface area contributed by atoms with E-state index in [0.717, 1.165) is 11.5 Å².